The standard InChI is InChI=1S/C15H31BO3/c1-7-9-10-19-14(3,4)11-18-13(17)12(8-2)15(5,6)16/h12H,7-11,16H2,1-6H3. The Hall–Kier alpha value is -0.505. The lowest BCUT2D eigenvalue weighted by Crippen LogP contribution is -2.35. The Morgan fingerprint density at radius 1 is 1.21 bits per heavy atom. The largest absolute Gasteiger partial charge is 0.462 e. The quantitative estimate of drug-likeness (QED) is 0.367. The van der Waals surface area contributed by atoms with Crippen LogP contribution in [0.5, 0.6) is 0 Å². The maximum absolute atomic E-state index is 12.1. The minimum Gasteiger partial charge on any atom is -0.462 e. The molecular weight excluding hydrogens is 239 g/mol. The highest BCUT2D eigenvalue weighted by Gasteiger charge is 2.32. The van der Waals surface area contributed by atoms with Crippen molar-refractivity contribution < 1.29 is 14.3 Å². The first-order valence-electron chi connectivity index (χ1n) is 7.44. The third kappa shape index (κ3) is 7.61. The molecule has 3 nitrogen and oxygen atoms in total. The van der Waals surface area contributed by atoms with E-state index in [0.29, 0.717) is 6.61 Å². The lowest BCUT2D eigenvalue weighted by molar-refractivity contribution is -0.159. The predicted molar refractivity (Wildman–Crippen MR) is 82.3 cm³/mol. The summed E-state index contributed by atoms with van der Waals surface area (Å²) < 4.78 is 11.2. The van der Waals surface area contributed by atoms with Crippen molar-refractivity contribution in [1.82, 2.24) is 0 Å². The molecule has 4 heteroatoms. The Morgan fingerprint density at radius 2 is 1.79 bits per heavy atom. The summed E-state index contributed by atoms with van der Waals surface area (Å²) in [6, 6.07) is 0. The fourth-order valence-corrected chi connectivity index (χ4v) is 2.01. The Balaban J connectivity index is 4.26. The van der Waals surface area contributed by atoms with Gasteiger partial charge in [0.15, 0.2) is 0 Å². The van der Waals surface area contributed by atoms with Crippen LogP contribution >= 0.6 is 0 Å². The molecule has 0 bridgehead atoms. The number of carbonyl (C=O) groups is 1. The zero-order valence-corrected chi connectivity index (χ0v) is 13.8. The topological polar surface area (TPSA) is 35.5 Å². The molecule has 0 fully saturated rings. The first-order chi connectivity index (χ1) is 8.64. The minimum absolute atomic E-state index is 0.0565. The van der Waals surface area contributed by atoms with Gasteiger partial charge in [0.25, 0.3) is 0 Å². The highest BCUT2D eigenvalue weighted by molar-refractivity contribution is 6.16. The van der Waals surface area contributed by atoms with E-state index in [4.69, 9.17) is 9.47 Å². The summed E-state index contributed by atoms with van der Waals surface area (Å²) >= 11 is 0. The molecule has 0 saturated carbocycles. The normalized spacial score (nSPS) is 14.2. The van der Waals surface area contributed by atoms with E-state index in [-0.39, 0.29) is 17.2 Å². The monoisotopic (exact) mass is 270 g/mol. The maximum Gasteiger partial charge on any atom is 0.308 e. The van der Waals surface area contributed by atoms with Crippen LogP contribution in [0.4, 0.5) is 0 Å². The highest BCUT2D eigenvalue weighted by atomic mass is 16.6. The Kier molecular flexibility index (Phi) is 7.72. The maximum atomic E-state index is 12.1. The zero-order valence-electron chi connectivity index (χ0n) is 13.8. The van der Waals surface area contributed by atoms with E-state index in [1.165, 1.54) is 0 Å². The van der Waals surface area contributed by atoms with Crippen LogP contribution in [0.3, 0.4) is 0 Å². The van der Waals surface area contributed by atoms with Crippen LogP contribution < -0.4 is 0 Å². The van der Waals surface area contributed by atoms with Crippen LogP contribution in [-0.2, 0) is 14.3 Å². The number of hydrogen-bond acceptors (Lipinski definition) is 3. The average Bonchev–Trinajstić information content (AvgIpc) is 2.26. The molecule has 0 aliphatic carbocycles. The summed E-state index contributed by atoms with van der Waals surface area (Å²) in [7, 11) is 2.07. The minimum atomic E-state index is -0.402. The SMILES string of the molecule is BC(C)(C)C(CC)C(=O)OCC(C)(C)OCCCC. The summed E-state index contributed by atoms with van der Waals surface area (Å²) in [4.78, 5) is 12.1. The Bertz CT molecular complexity index is 269. The molecular formula is C15H31BO3. The van der Waals surface area contributed by atoms with Gasteiger partial charge in [-0.3, -0.25) is 4.79 Å². The van der Waals surface area contributed by atoms with Gasteiger partial charge in [-0.05, 0) is 26.7 Å². The molecule has 0 heterocycles. The summed E-state index contributed by atoms with van der Waals surface area (Å²) in [5, 5.41) is -0.0565. The van der Waals surface area contributed by atoms with E-state index in [1.807, 2.05) is 20.8 Å². The van der Waals surface area contributed by atoms with E-state index < -0.39 is 5.60 Å². The molecule has 0 aliphatic rings. The lowest BCUT2D eigenvalue weighted by atomic mass is 9.62. The number of carbonyl (C=O) groups excluding carboxylic acids is 1. The second-order valence-corrected chi connectivity index (χ2v) is 6.90. The molecule has 0 rings (SSSR count). The smallest absolute Gasteiger partial charge is 0.308 e. The molecule has 0 aromatic heterocycles. The van der Waals surface area contributed by atoms with Crippen molar-refractivity contribution in [3.8, 4) is 0 Å². The predicted octanol–water partition coefficient (Wildman–Crippen LogP) is 2.98. The van der Waals surface area contributed by atoms with Gasteiger partial charge < -0.3 is 9.47 Å². The number of esters is 1. The zero-order chi connectivity index (χ0) is 15.1. The van der Waals surface area contributed by atoms with Crippen LogP contribution in [0, 0.1) is 5.92 Å². The lowest BCUT2D eigenvalue weighted by Gasteiger charge is -2.30. The van der Waals surface area contributed by atoms with Gasteiger partial charge in [-0.1, -0.05) is 39.4 Å². The molecule has 0 amide bonds. The van der Waals surface area contributed by atoms with Gasteiger partial charge >= 0.3 is 5.97 Å². The second-order valence-electron chi connectivity index (χ2n) is 6.90. The average molecular weight is 270 g/mol. The van der Waals surface area contributed by atoms with Gasteiger partial charge in [-0.15, -0.1) is 0 Å². The fraction of sp³-hybridized carbons (Fsp3) is 0.933. The number of ether oxygens (including phenoxy) is 2. The van der Waals surface area contributed by atoms with Crippen molar-refractivity contribution in [3.05, 3.63) is 0 Å². The van der Waals surface area contributed by atoms with Crippen LogP contribution in [0.1, 0.15) is 60.8 Å². The van der Waals surface area contributed by atoms with Crippen molar-refractivity contribution in [3.63, 3.8) is 0 Å². The number of unbranched alkanes of at least 4 members (excludes halogenated alkanes) is 1. The Morgan fingerprint density at radius 3 is 2.21 bits per heavy atom. The molecule has 0 aromatic rings. The molecule has 0 aromatic carbocycles. The molecule has 0 aliphatic heterocycles. The van der Waals surface area contributed by atoms with Crippen LogP contribution in [-0.4, -0.2) is 32.6 Å². The van der Waals surface area contributed by atoms with Crippen molar-refractivity contribution >= 4 is 13.8 Å². The van der Waals surface area contributed by atoms with Crippen LogP contribution in [0.25, 0.3) is 0 Å². The highest BCUT2D eigenvalue weighted by Crippen LogP contribution is 2.34. The molecule has 0 N–H and O–H groups in total. The van der Waals surface area contributed by atoms with Gasteiger partial charge in [0.05, 0.1) is 11.5 Å². The molecule has 0 radical (unpaired) electrons. The van der Waals surface area contributed by atoms with E-state index in [2.05, 4.69) is 28.6 Å². The van der Waals surface area contributed by atoms with Crippen LogP contribution in [0.2, 0.25) is 5.31 Å². The van der Waals surface area contributed by atoms with E-state index in [9.17, 15) is 4.79 Å². The molecule has 112 valence electrons. The second kappa shape index (κ2) is 7.93. The summed E-state index contributed by atoms with van der Waals surface area (Å²) in [6.45, 7) is 13.3. The van der Waals surface area contributed by atoms with Crippen molar-refractivity contribution in [2.24, 2.45) is 5.92 Å². The Labute approximate surface area is 119 Å². The van der Waals surface area contributed by atoms with Gasteiger partial charge in [0.1, 0.15) is 14.5 Å². The van der Waals surface area contributed by atoms with Crippen molar-refractivity contribution in [2.75, 3.05) is 13.2 Å². The molecule has 1 atom stereocenters. The third-order valence-corrected chi connectivity index (χ3v) is 3.29. The first-order valence-corrected chi connectivity index (χ1v) is 7.44. The fourth-order valence-electron chi connectivity index (χ4n) is 2.01. The molecule has 0 saturated heterocycles. The first kappa shape index (κ1) is 18.5. The van der Waals surface area contributed by atoms with Gasteiger partial charge in [-0.25, -0.2) is 0 Å². The van der Waals surface area contributed by atoms with Crippen molar-refractivity contribution in [1.29, 1.82) is 0 Å². The summed E-state index contributed by atoms with van der Waals surface area (Å²) in [5.74, 6) is -0.166. The third-order valence-electron chi connectivity index (χ3n) is 3.29. The van der Waals surface area contributed by atoms with Crippen molar-refractivity contribution in [2.45, 2.75) is 71.7 Å². The van der Waals surface area contributed by atoms with E-state index in [1.54, 1.807) is 0 Å². The van der Waals surface area contributed by atoms with Gasteiger partial charge in [-0.2, -0.15) is 0 Å². The molecule has 19 heavy (non-hydrogen) atoms. The van der Waals surface area contributed by atoms with Crippen LogP contribution in [0.15, 0.2) is 0 Å². The number of rotatable bonds is 9. The van der Waals surface area contributed by atoms with Gasteiger partial charge in [0.2, 0.25) is 0 Å². The number of hydrogen-bond donors (Lipinski definition) is 0. The summed E-state index contributed by atoms with van der Waals surface area (Å²) in [6.07, 6.45) is 2.95. The molecule has 0 spiro atoms. The van der Waals surface area contributed by atoms with Gasteiger partial charge in [0, 0.05) is 6.61 Å². The summed E-state index contributed by atoms with van der Waals surface area (Å²) in [5.41, 5.74) is -0.402. The molecule has 1 unspecified atom stereocenters. The van der Waals surface area contributed by atoms with E-state index in [0.717, 1.165) is 25.9 Å². The van der Waals surface area contributed by atoms with E-state index >= 15 is 0 Å².